The number of carboxylic acids is 1. The number of hydrogen-bond acceptors (Lipinski definition) is 6. The first-order chi connectivity index (χ1) is 20.6. The van der Waals surface area contributed by atoms with E-state index < -0.39 is 47.9 Å². The lowest BCUT2D eigenvalue weighted by atomic mass is 9.98. The maximum atomic E-state index is 13.6. The number of carbonyl (C=O) groups is 4. The Morgan fingerprint density at radius 3 is 2.14 bits per heavy atom. The third kappa shape index (κ3) is 9.65. The number of H-pyrrole nitrogens is 1. The topological polar surface area (TPSA) is 192 Å². The summed E-state index contributed by atoms with van der Waals surface area (Å²) in [6.45, 7) is 4.22. The molecule has 0 radical (unpaired) electrons. The first kappa shape index (κ1) is 33.3. The van der Waals surface area contributed by atoms with Crippen LogP contribution in [0, 0.1) is 5.92 Å². The molecule has 1 aromatic heterocycles. The second-order valence-corrected chi connectivity index (χ2v) is 11.0. The third-order valence-corrected chi connectivity index (χ3v) is 7.77. The van der Waals surface area contributed by atoms with Gasteiger partial charge in [-0.25, -0.2) is 4.79 Å². The van der Waals surface area contributed by atoms with Crippen LogP contribution in [0.3, 0.4) is 0 Å². The molecular weight excluding hydrogens is 548 g/mol. The van der Waals surface area contributed by atoms with E-state index in [-0.39, 0.29) is 18.8 Å². The summed E-state index contributed by atoms with van der Waals surface area (Å²) in [7, 11) is 0. The summed E-state index contributed by atoms with van der Waals surface area (Å²) in [5.41, 5.74) is 14.1. The largest absolute Gasteiger partial charge is 0.480 e. The highest BCUT2D eigenvalue weighted by atomic mass is 16.4. The maximum Gasteiger partial charge on any atom is 0.326 e. The van der Waals surface area contributed by atoms with Gasteiger partial charge in [0, 0.05) is 29.9 Å². The molecule has 0 saturated heterocycles. The number of unbranched alkanes of at least 4 members (excludes halogenated alkanes) is 1. The standard InChI is InChI=1S/C32H44N6O5/c1-3-20(2)28(34)31(41)36-25(15-9-10-16-33)29(39)37-26(17-21-11-5-4-6-12-21)30(40)38-27(32(42)43)18-22-19-35-24-14-8-7-13-23(22)24/h4-8,11-14,19-20,25-28,35H,3,9-10,15-18,33-34H2,1-2H3,(H,36,41)(H,37,39)(H,38,40)(H,42,43). The molecule has 1 heterocycles. The van der Waals surface area contributed by atoms with Crippen molar-refractivity contribution in [3.8, 4) is 0 Å². The van der Waals surface area contributed by atoms with Gasteiger partial charge in [-0.3, -0.25) is 14.4 Å². The van der Waals surface area contributed by atoms with Crippen molar-refractivity contribution in [3.05, 3.63) is 71.9 Å². The van der Waals surface area contributed by atoms with E-state index in [9.17, 15) is 24.3 Å². The van der Waals surface area contributed by atoms with Crippen LogP contribution in [0.4, 0.5) is 0 Å². The van der Waals surface area contributed by atoms with E-state index in [4.69, 9.17) is 11.5 Å². The number of para-hydroxylation sites is 1. The van der Waals surface area contributed by atoms with Gasteiger partial charge in [0.1, 0.15) is 18.1 Å². The van der Waals surface area contributed by atoms with Crippen LogP contribution in [0.1, 0.15) is 50.7 Å². The van der Waals surface area contributed by atoms with Crippen molar-refractivity contribution in [1.29, 1.82) is 0 Å². The average Bonchev–Trinajstić information content (AvgIpc) is 3.42. The lowest BCUT2D eigenvalue weighted by molar-refractivity contribution is -0.142. The van der Waals surface area contributed by atoms with E-state index in [1.165, 1.54) is 0 Å². The van der Waals surface area contributed by atoms with Crippen LogP contribution in [-0.4, -0.2) is 64.5 Å². The van der Waals surface area contributed by atoms with Gasteiger partial charge in [0.2, 0.25) is 17.7 Å². The Bertz CT molecular complexity index is 1360. The highest BCUT2D eigenvalue weighted by molar-refractivity contribution is 5.94. The third-order valence-electron chi connectivity index (χ3n) is 7.77. The lowest BCUT2D eigenvalue weighted by Gasteiger charge is -2.26. The van der Waals surface area contributed by atoms with Crippen molar-refractivity contribution in [2.45, 2.75) is 76.5 Å². The number of carboxylic acid groups (broad SMARTS) is 1. The van der Waals surface area contributed by atoms with Crippen molar-refractivity contribution in [2.24, 2.45) is 17.4 Å². The molecule has 0 aliphatic carbocycles. The van der Waals surface area contributed by atoms with Crippen molar-refractivity contribution in [1.82, 2.24) is 20.9 Å². The molecule has 0 saturated carbocycles. The Morgan fingerprint density at radius 2 is 1.47 bits per heavy atom. The van der Waals surface area contributed by atoms with Crippen LogP contribution >= 0.6 is 0 Å². The zero-order valence-electron chi connectivity index (χ0n) is 24.8. The molecule has 3 aromatic rings. The predicted molar refractivity (Wildman–Crippen MR) is 166 cm³/mol. The molecular formula is C32H44N6O5. The molecule has 0 fully saturated rings. The second-order valence-electron chi connectivity index (χ2n) is 11.0. The first-order valence-corrected chi connectivity index (χ1v) is 14.8. The van der Waals surface area contributed by atoms with E-state index in [0.717, 1.165) is 22.0 Å². The molecule has 9 N–H and O–H groups in total. The van der Waals surface area contributed by atoms with Gasteiger partial charge < -0.3 is 37.5 Å². The zero-order valence-corrected chi connectivity index (χ0v) is 24.8. The minimum atomic E-state index is -1.24. The Balaban J connectivity index is 1.81. The van der Waals surface area contributed by atoms with Gasteiger partial charge in [0.05, 0.1) is 6.04 Å². The van der Waals surface area contributed by atoms with Crippen LogP contribution in [0.2, 0.25) is 0 Å². The number of benzene rings is 2. The fourth-order valence-corrected chi connectivity index (χ4v) is 4.87. The summed E-state index contributed by atoms with van der Waals surface area (Å²) in [5.74, 6) is -2.94. The number of nitrogens with one attached hydrogen (secondary N) is 4. The highest BCUT2D eigenvalue weighted by Crippen LogP contribution is 2.19. The van der Waals surface area contributed by atoms with Crippen LogP contribution in [0.25, 0.3) is 10.9 Å². The number of fused-ring (bicyclic) bond motifs is 1. The van der Waals surface area contributed by atoms with Crippen LogP contribution in [0.5, 0.6) is 0 Å². The van der Waals surface area contributed by atoms with Gasteiger partial charge in [-0.05, 0) is 48.9 Å². The summed E-state index contributed by atoms with van der Waals surface area (Å²) in [4.78, 5) is 55.4. The molecule has 2 aromatic carbocycles. The predicted octanol–water partition coefficient (Wildman–Crippen LogP) is 1.99. The van der Waals surface area contributed by atoms with Gasteiger partial charge in [-0.2, -0.15) is 0 Å². The molecule has 3 amide bonds. The van der Waals surface area contributed by atoms with Gasteiger partial charge in [-0.15, -0.1) is 0 Å². The Hall–Kier alpha value is -4.22. The number of amides is 3. The van der Waals surface area contributed by atoms with E-state index in [0.29, 0.717) is 32.2 Å². The Morgan fingerprint density at radius 1 is 0.837 bits per heavy atom. The fourth-order valence-electron chi connectivity index (χ4n) is 4.87. The minimum absolute atomic E-state index is 0.0440. The second kappa shape index (κ2) is 16.4. The molecule has 0 bridgehead atoms. The van der Waals surface area contributed by atoms with Gasteiger partial charge in [0.15, 0.2) is 0 Å². The van der Waals surface area contributed by atoms with Crippen LogP contribution < -0.4 is 27.4 Å². The number of rotatable bonds is 17. The molecule has 5 atom stereocenters. The number of nitrogens with two attached hydrogens (primary N) is 2. The molecule has 11 heteroatoms. The monoisotopic (exact) mass is 592 g/mol. The maximum absolute atomic E-state index is 13.6. The molecule has 5 unspecified atom stereocenters. The summed E-state index contributed by atoms with van der Waals surface area (Å²) < 4.78 is 0. The van der Waals surface area contributed by atoms with Gasteiger partial charge in [0.25, 0.3) is 0 Å². The van der Waals surface area contributed by atoms with Crippen LogP contribution in [0.15, 0.2) is 60.8 Å². The molecule has 0 aliphatic heterocycles. The molecule has 11 nitrogen and oxygen atoms in total. The fraction of sp³-hybridized carbons (Fsp3) is 0.438. The smallest absolute Gasteiger partial charge is 0.326 e. The summed E-state index contributed by atoms with van der Waals surface area (Å²) in [6.07, 6.45) is 4.12. The van der Waals surface area contributed by atoms with Gasteiger partial charge >= 0.3 is 5.97 Å². The van der Waals surface area contributed by atoms with E-state index in [1.807, 2.05) is 68.4 Å². The molecule has 3 rings (SSSR count). The lowest BCUT2D eigenvalue weighted by Crippen LogP contribution is -2.58. The summed E-state index contributed by atoms with van der Waals surface area (Å²) >= 11 is 0. The van der Waals surface area contributed by atoms with E-state index >= 15 is 0 Å². The zero-order chi connectivity index (χ0) is 31.4. The Labute approximate surface area is 252 Å². The number of aromatic nitrogens is 1. The quantitative estimate of drug-likeness (QED) is 0.117. The first-order valence-electron chi connectivity index (χ1n) is 14.8. The molecule has 0 aliphatic rings. The van der Waals surface area contributed by atoms with Crippen molar-refractivity contribution < 1.29 is 24.3 Å². The van der Waals surface area contributed by atoms with Crippen molar-refractivity contribution in [2.75, 3.05) is 6.54 Å². The van der Waals surface area contributed by atoms with E-state index in [1.54, 1.807) is 6.20 Å². The number of aromatic amines is 1. The minimum Gasteiger partial charge on any atom is -0.480 e. The number of hydrogen-bond donors (Lipinski definition) is 7. The average molecular weight is 593 g/mol. The highest BCUT2D eigenvalue weighted by Gasteiger charge is 2.31. The van der Waals surface area contributed by atoms with Crippen molar-refractivity contribution in [3.63, 3.8) is 0 Å². The number of carbonyl (C=O) groups excluding carboxylic acids is 3. The summed E-state index contributed by atoms with van der Waals surface area (Å²) in [6, 6.07) is 12.5. The SMILES string of the molecule is CCC(C)C(N)C(=O)NC(CCCCN)C(=O)NC(Cc1ccccc1)C(=O)NC(Cc1c[nH]c2ccccc12)C(=O)O. The summed E-state index contributed by atoms with van der Waals surface area (Å²) in [5, 5.41) is 19.0. The van der Waals surface area contributed by atoms with Crippen molar-refractivity contribution >= 4 is 34.6 Å². The molecule has 232 valence electrons. The van der Waals surface area contributed by atoms with E-state index in [2.05, 4.69) is 20.9 Å². The Kier molecular flexibility index (Phi) is 12.7. The normalized spacial score (nSPS) is 14.7. The van der Waals surface area contributed by atoms with Gasteiger partial charge in [-0.1, -0.05) is 68.8 Å². The molecule has 0 spiro atoms. The van der Waals surface area contributed by atoms with Crippen LogP contribution in [-0.2, 0) is 32.0 Å². The number of aliphatic carboxylic acids is 1. The molecule has 43 heavy (non-hydrogen) atoms.